The molecule has 1 N–H and O–H groups in total. The Balaban J connectivity index is 1.66. The molecule has 0 aromatic heterocycles. The van der Waals surface area contributed by atoms with Crippen LogP contribution in [0.25, 0.3) is 0 Å². The number of hydrogen-bond acceptors (Lipinski definition) is 4. The molecule has 0 bridgehead atoms. The van der Waals surface area contributed by atoms with E-state index in [0.29, 0.717) is 22.6 Å². The summed E-state index contributed by atoms with van der Waals surface area (Å²) in [4.78, 5) is 13.6. The molecule has 1 aliphatic heterocycles. The lowest BCUT2D eigenvalue weighted by atomic mass is 9.98. The van der Waals surface area contributed by atoms with E-state index >= 15 is 0 Å². The molecule has 10 heteroatoms. The maximum absolute atomic E-state index is 14.0. The number of hydrogen-bond donors (Lipinski definition) is 1. The first kappa shape index (κ1) is 22.9. The van der Waals surface area contributed by atoms with Crippen LogP contribution in [0.1, 0.15) is 17.2 Å². The summed E-state index contributed by atoms with van der Waals surface area (Å²) < 4.78 is 64.5. The van der Waals surface area contributed by atoms with Crippen molar-refractivity contribution in [3.8, 4) is 11.5 Å². The molecule has 2 atom stereocenters. The maximum atomic E-state index is 14.0. The van der Waals surface area contributed by atoms with Gasteiger partial charge >= 0.3 is 12.3 Å². The van der Waals surface area contributed by atoms with Crippen LogP contribution in [0.4, 0.5) is 28.0 Å². The molecule has 33 heavy (non-hydrogen) atoms. The van der Waals surface area contributed by atoms with E-state index in [4.69, 9.17) is 21.1 Å². The van der Waals surface area contributed by atoms with Gasteiger partial charge in [0, 0.05) is 10.7 Å². The summed E-state index contributed by atoms with van der Waals surface area (Å²) in [6, 6.07) is 13.5. The van der Waals surface area contributed by atoms with Crippen molar-refractivity contribution in [3.05, 3.63) is 88.7 Å². The van der Waals surface area contributed by atoms with Crippen LogP contribution in [0.3, 0.4) is 0 Å². The van der Waals surface area contributed by atoms with Gasteiger partial charge in [-0.2, -0.15) is 13.2 Å². The fraction of sp³-hybridized carbons (Fsp3) is 0.174. The number of anilines is 1. The molecular weight excluding hydrogens is 466 g/mol. The van der Waals surface area contributed by atoms with Gasteiger partial charge in [-0.25, -0.2) is 9.18 Å². The molecular formula is C23H16ClF4NO4. The molecule has 1 amide bonds. The van der Waals surface area contributed by atoms with Crippen LogP contribution in [0.2, 0.25) is 5.02 Å². The first-order valence-corrected chi connectivity index (χ1v) is 10.1. The predicted molar refractivity (Wildman–Crippen MR) is 112 cm³/mol. The van der Waals surface area contributed by atoms with Gasteiger partial charge in [0.25, 0.3) is 0 Å². The van der Waals surface area contributed by atoms with Crippen LogP contribution in [0.5, 0.6) is 11.5 Å². The summed E-state index contributed by atoms with van der Waals surface area (Å²) in [5.74, 6) is -0.179. The van der Waals surface area contributed by atoms with Crippen LogP contribution >= 0.6 is 11.6 Å². The van der Waals surface area contributed by atoms with Crippen molar-refractivity contribution in [1.29, 1.82) is 0 Å². The normalized spacial score (nSPS) is 18.4. The van der Waals surface area contributed by atoms with Gasteiger partial charge in [0.1, 0.15) is 23.4 Å². The Labute approximate surface area is 190 Å². The largest absolute Gasteiger partial charge is 0.457 e. The molecule has 0 radical (unpaired) electrons. The van der Waals surface area contributed by atoms with E-state index < -0.39 is 42.4 Å². The second-order valence-electron chi connectivity index (χ2n) is 7.24. The van der Waals surface area contributed by atoms with E-state index in [1.54, 1.807) is 36.4 Å². The van der Waals surface area contributed by atoms with E-state index in [0.717, 1.165) is 17.0 Å². The minimum Gasteiger partial charge on any atom is -0.457 e. The number of carbonyl (C=O) groups is 1. The summed E-state index contributed by atoms with van der Waals surface area (Å²) >= 11 is 5.85. The maximum Gasteiger partial charge on any atom is 0.416 e. The van der Waals surface area contributed by atoms with Gasteiger partial charge in [0.15, 0.2) is 6.10 Å². The zero-order valence-corrected chi connectivity index (χ0v) is 17.5. The molecule has 1 fully saturated rings. The molecule has 4 rings (SSSR count). The van der Waals surface area contributed by atoms with E-state index in [1.807, 2.05) is 0 Å². The van der Waals surface area contributed by atoms with Gasteiger partial charge in [-0.15, -0.1) is 0 Å². The number of carbonyl (C=O) groups excluding carboxylic acids is 1. The third-order valence-electron chi connectivity index (χ3n) is 5.01. The number of nitrogens with zero attached hydrogens (tertiary/aromatic N) is 1. The Hall–Kier alpha value is -3.30. The predicted octanol–water partition coefficient (Wildman–Crippen LogP) is 6.35. The number of halogens is 5. The molecule has 5 nitrogen and oxygen atoms in total. The van der Waals surface area contributed by atoms with Crippen molar-refractivity contribution < 1.29 is 36.9 Å². The Bertz CT molecular complexity index is 1150. The van der Waals surface area contributed by atoms with Gasteiger partial charge in [0.05, 0.1) is 12.2 Å². The summed E-state index contributed by atoms with van der Waals surface area (Å²) in [7, 11) is 0. The van der Waals surface area contributed by atoms with Gasteiger partial charge in [-0.05, 0) is 72.3 Å². The van der Waals surface area contributed by atoms with Crippen molar-refractivity contribution in [2.75, 3.05) is 11.5 Å². The lowest BCUT2D eigenvalue weighted by Crippen LogP contribution is -2.31. The molecule has 0 unspecified atom stereocenters. The Kier molecular flexibility index (Phi) is 6.18. The summed E-state index contributed by atoms with van der Waals surface area (Å²) in [5, 5.41) is 10.2. The van der Waals surface area contributed by atoms with Crippen molar-refractivity contribution in [2.45, 2.75) is 18.3 Å². The average Bonchev–Trinajstić information content (AvgIpc) is 3.11. The Morgan fingerprint density at radius 2 is 1.61 bits per heavy atom. The van der Waals surface area contributed by atoms with Crippen LogP contribution < -0.4 is 9.64 Å². The second kappa shape index (κ2) is 8.92. The van der Waals surface area contributed by atoms with Gasteiger partial charge in [0.2, 0.25) is 0 Å². The minimum absolute atomic E-state index is 0.159. The molecule has 1 saturated heterocycles. The number of amides is 1. The Morgan fingerprint density at radius 1 is 1.00 bits per heavy atom. The molecule has 3 aromatic carbocycles. The highest BCUT2D eigenvalue weighted by atomic mass is 35.5. The highest BCUT2D eigenvalue weighted by Gasteiger charge is 2.44. The zero-order chi connectivity index (χ0) is 23.8. The zero-order valence-electron chi connectivity index (χ0n) is 16.7. The van der Waals surface area contributed by atoms with Crippen molar-refractivity contribution in [3.63, 3.8) is 0 Å². The molecule has 3 aromatic rings. The molecule has 0 aliphatic carbocycles. The number of benzene rings is 3. The number of aliphatic hydroxyl groups excluding tert-OH is 1. The van der Waals surface area contributed by atoms with E-state index in [-0.39, 0.29) is 11.3 Å². The van der Waals surface area contributed by atoms with E-state index in [2.05, 4.69) is 0 Å². The van der Waals surface area contributed by atoms with Crippen LogP contribution in [0, 0.1) is 5.82 Å². The van der Waals surface area contributed by atoms with Crippen molar-refractivity contribution in [1.82, 2.24) is 0 Å². The standard InChI is InChI=1S/C23H16ClF4NO4/c24-15-1-5-18(6-2-15)32-19-7-3-17(4-8-19)29-21(20(12-30)33-22(29)31)13-9-14(23(26,27)28)11-16(25)10-13/h1-11,20-21,30H,12H2/t20-,21-/m0/s1. The third kappa shape index (κ3) is 4.89. The highest BCUT2D eigenvalue weighted by molar-refractivity contribution is 6.30. The van der Waals surface area contributed by atoms with Gasteiger partial charge in [-0.3, -0.25) is 4.90 Å². The first-order chi connectivity index (χ1) is 15.7. The number of cyclic esters (lactones) is 1. The van der Waals surface area contributed by atoms with Gasteiger partial charge < -0.3 is 14.6 Å². The third-order valence-corrected chi connectivity index (χ3v) is 5.26. The monoisotopic (exact) mass is 481 g/mol. The van der Waals surface area contributed by atoms with E-state index in [9.17, 15) is 27.5 Å². The van der Waals surface area contributed by atoms with E-state index in [1.165, 1.54) is 12.1 Å². The fourth-order valence-electron chi connectivity index (χ4n) is 3.56. The lowest BCUT2D eigenvalue weighted by molar-refractivity contribution is -0.137. The molecule has 1 aliphatic rings. The number of alkyl halides is 3. The smallest absolute Gasteiger partial charge is 0.416 e. The Morgan fingerprint density at radius 3 is 2.18 bits per heavy atom. The van der Waals surface area contributed by atoms with Crippen LogP contribution in [0.15, 0.2) is 66.7 Å². The van der Waals surface area contributed by atoms with Crippen molar-refractivity contribution >= 4 is 23.4 Å². The summed E-state index contributed by atoms with van der Waals surface area (Å²) in [6.45, 7) is -0.664. The number of ether oxygens (including phenoxy) is 2. The molecule has 0 saturated carbocycles. The first-order valence-electron chi connectivity index (χ1n) is 9.67. The highest BCUT2D eigenvalue weighted by Crippen LogP contribution is 2.40. The van der Waals surface area contributed by atoms with Crippen LogP contribution in [-0.4, -0.2) is 23.9 Å². The summed E-state index contributed by atoms with van der Waals surface area (Å²) in [6.07, 6.45) is -6.87. The van der Waals surface area contributed by atoms with Gasteiger partial charge in [-0.1, -0.05) is 11.6 Å². The number of rotatable bonds is 5. The molecule has 1 heterocycles. The van der Waals surface area contributed by atoms with Crippen LogP contribution in [-0.2, 0) is 10.9 Å². The van der Waals surface area contributed by atoms with Crippen molar-refractivity contribution in [2.24, 2.45) is 0 Å². The SMILES string of the molecule is O=C1O[C@@H](CO)[C@H](c2cc(F)cc(C(F)(F)F)c2)N1c1ccc(Oc2ccc(Cl)cc2)cc1. The topological polar surface area (TPSA) is 59.0 Å². The number of aliphatic hydroxyl groups is 1. The second-order valence-corrected chi connectivity index (χ2v) is 7.68. The lowest BCUT2D eigenvalue weighted by Gasteiger charge is -2.25. The molecule has 172 valence electrons. The minimum atomic E-state index is -4.79. The average molecular weight is 482 g/mol. The quantitative estimate of drug-likeness (QED) is 0.431. The fourth-order valence-corrected chi connectivity index (χ4v) is 3.68. The molecule has 0 spiro atoms. The summed E-state index contributed by atoms with van der Waals surface area (Å²) in [5.41, 5.74) is -1.10.